The van der Waals surface area contributed by atoms with Crippen LogP contribution in [0.1, 0.15) is 15.9 Å². The predicted molar refractivity (Wildman–Crippen MR) is 115 cm³/mol. The van der Waals surface area contributed by atoms with Gasteiger partial charge in [-0.1, -0.05) is 12.1 Å². The summed E-state index contributed by atoms with van der Waals surface area (Å²) in [6.07, 6.45) is 3.15. The second kappa shape index (κ2) is 8.54. The number of amides is 1. The Hall–Kier alpha value is -3.04. The Morgan fingerprint density at radius 1 is 1.24 bits per heavy atom. The van der Waals surface area contributed by atoms with Crippen molar-refractivity contribution >= 4 is 38.3 Å². The van der Waals surface area contributed by atoms with Crippen molar-refractivity contribution in [3.8, 4) is 17.0 Å². The van der Waals surface area contributed by atoms with Gasteiger partial charge >= 0.3 is 0 Å². The average Bonchev–Trinajstić information content (AvgIpc) is 3.40. The summed E-state index contributed by atoms with van der Waals surface area (Å²) in [6, 6.07) is 13.1. The highest BCUT2D eigenvalue weighted by Crippen LogP contribution is 2.32. The summed E-state index contributed by atoms with van der Waals surface area (Å²) >= 11 is 4.86. The Labute approximate surface area is 179 Å². The van der Waals surface area contributed by atoms with Crippen molar-refractivity contribution in [3.05, 3.63) is 76.1 Å². The molecule has 0 unspecified atom stereocenters. The van der Waals surface area contributed by atoms with Crippen LogP contribution in [-0.2, 0) is 6.54 Å². The van der Waals surface area contributed by atoms with Crippen molar-refractivity contribution in [3.63, 3.8) is 0 Å². The van der Waals surface area contributed by atoms with Crippen LogP contribution >= 0.6 is 27.3 Å². The lowest BCUT2D eigenvalue weighted by Gasteiger charge is -2.05. The van der Waals surface area contributed by atoms with Crippen molar-refractivity contribution in [1.82, 2.24) is 19.7 Å². The van der Waals surface area contributed by atoms with E-state index in [9.17, 15) is 4.79 Å². The quantitative estimate of drug-likeness (QED) is 0.450. The van der Waals surface area contributed by atoms with Gasteiger partial charge in [0.05, 0.1) is 23.8 Å². The number of carbonyl (C=O) groups is 1. The van der Waals surface area contributed by atoms with Gasteiger partial charge in [-0.05, 0) is 51.8 Å². The van der Waals surface area contributed by atoms with Crippen molar-refractivity contribution in [1.29, 1.82) is 0 Å². The van der Waals surface area contributed by atoms with Crippen LogP contribution in [0.3, 0.4) is 0 Å². The molecule has 0 saturated carbocycles. The Morgan fingerprint density at radius 3 is 2.76 bits per heavy atom. The molecule has 0 fully saturated rings. The number of thiazole rings is 1. The Balaban J connectivity index is 1.43. The summed E-state index contributed by atoms with van der Waals surface area (Å²) in [6.45, 7) is 0.606. The number of hydrogen-bond acceptors (Lipinski definition) is 6. The standard InChI is InChI=1S/C20H16BrN5O2S/c1-28-18-7-6-15(8-16(18)21)17-10-29-20(24-17)25-19(27)14-4-2-13(3-5-14)9-26-12-22-11-23-26/h2-8,10-12H,9H2,1H3,(H,24,25,27). The number of rotatable bonds is 6. The second-order valence-corrected chi connectivity index (χ2v) is 7.84. The lowest BCUT2D eigenvalue weighted by atomic mass is 10.1. The van der Waals surface area contributed by atoms with E-state index in [-0.39, 0.29) is 5.91 Å². The Kier molecular flexibility index (Phi) is 5.68. The summed E-state index contributed by atoms with van der Waals surface area (Å²) in [7, 11) is 1.62. The number of carbonyl (C=O) groups excluding carboxylic acids is 1. The number of nitrogens with one attached hydrogen (secondary N) is 1. The van der Waals surface area contributed by atoms with Crippen LogP contribution in [0.25, 0.3) is 11.3 Å². The number of anilines is 1. The van der Waals surface area contributed by atoms with Crippen LogP contribution in [0.15, 0.2) is 65.0 Å². The van der Waals surface area contributed by atoms with E-state index in [1.165, 1.54) is 17.7 Å². The number of benzene rings is 2. The molecule has 2 heterocycles. The highest BCUT2D eigenvalue weighted by molar-refractivity contribution is 9.10. The van der Waals surface area contributed by atoms with E-state index in [0.29, 0.717) is 17.2 Å². The molecule has 9 heteroatoms. The highest BCUT2D eigenvalue weighted by atomic mass is 79.9. The minimum atomic E-state index is -0.200. The molecule has 0 aliphatic heterocycles. The van der Waals surface area contributed by atoms with Gasteiger partial charge < -0.3 is 4.74 Å². The fourth-order valence-electron chi connectivity index (χ4n) is 2.72. The normalized spacial score (nSPS) is 10.7. The zero-order valence-electron chi connectivity index (χ0n) is 15.4. The smallest absolute Gasteiger partial charge is 0.257 e. The van der Waals surface area contributed by atoms with Crippen LogP contribution in [-0.4, -0.2) is 32.8 Å². The third-order valence-corrected chi connectivity index (χ3v) is 5.58. The summed E-state index contributed by atoms with van der Waals surface area (Å²) in [5.74, 6) is 0.555. The zero-order chi connectivity index (χ0) is 20.2. The second-order valence-electron chi connectivity index (χ2n) is 6.13. The van der Waals surface area contributed by atoms with Crippen molar-refractivity contribution in [2.75, 3.05) is 12.4 Å². The molecule has 0 aliphatic carbocycles. The molecule has 1 N–H and O–H groups in total. The lowest BCUT2D eigenvalue weighted by Crippen LogP contribution is -2.11. The zero-order valence-corrected chi connectivity index (χ0v) is 17.8. The number of hydrogen-bond donors (Lipinski definition) is 1. The van der Waals surface area contributed by atoms with Gasteiger partial charge in [-0.2, -0.15) is 5.10 Å². The number of halogens is 1. The van der Waals surface area contributed by atoms with Gasteiger partial charge in [0.25, 0.3) is 5.91 Å². The summed E-state index contributed by atoms with van der Waals surface area (Å²) in [5.41, 5.74) is 3.33. The molecule has 146 valence electrons. The maximum atomic E-state index is 12.5. The number of nitrogens with zero attached hydrogens (tertiary/aromatic N) is 4. The first-order valence-corrected chi connectivity index (χ1v) is 10.3. The van der Waals surface area contributed by atoms with Crippen molar-refractivity contribution < 1.29 is 9.53 Å². The lowest BCUT2D eigenvalue weighted by molar-refractivity contribution is 0.102. The maximum absolute atomic E-state index is 12.5. The Morgan fingerprint density at radius 2 is 2.07 bits per heavy atom. The van der Waals surface area contributed by atoms with Gasteiger partial charge in [0.1, 0.15) is 18.4 Å². The van der Waals surface area contributed by atoms with E-state index < -0.39 is 0 Å². The van der Waals surface area contributed by atoms with Crippen LogP contribution in [0.2, 0.25) is 0 Å². The molecule has 1 amide bonds. The molecule has 4 rings (SSSR count). The van der Waals surface area contributed by atoms with Gasteiger partial charge in [-0.3, -0.25) is 10.1 Å². The molecular weight excluding hydrogens is 454 g/mol. The van der Waals surface area contributed by atoms with Gasteiger partial charge in [-0.15, -0.1) is 11.3 Å². The summed E-state index contributed by atoms with van der Waals surface area (Å²) in [4.78, 5) is 21.0. The van der Waals surface area contributed by atoms with Gasteiger partial charge in [0.2, 0.25) is 0 Å². The molecular formula is C20H16BrN5O2S. The third kappa shape index (κ3) is 4.52. The van der Waals surface area contributed by atoms with Gasteiger partial charge in [-0.25, -0.2) is 14.6 Å². The summed E-state index contributed by atoms with van der Waals surface area (Å²) in [5, 5.41) is 9.38. The maximum Gasteiger partial charge on any atom is 0.257 e. The molecule has 0 radical (unpaired) electrons. The van der Waals surface area contributed by atoms with Crippen molar-refractivity contribution in [2.24, 2.45) is 0 Å². The first-order chi connectivity index (χ1) is 14.1. The fourth-order valence-corrected chi connectivity index (χ4v) is 3.98. The monoisotopic (exact) mass is 469 g/mol. The number of methoxy groups -OCH3 is 1. The molecule has 4 aromatic rings. The van der Waals surface area contributed by atoms with Crippen LogP contribution < -0.4 is 10.1 Å². The fraction of sp³-hybridized carbons (Fsp3) is 0.100. The minimum Gasteiger partial charge on any atom is -0.496 e. The van der Waals surface area contributed by atoms with E-state index in [1.807, 2.05) is 35.7 Å². The molecule has 7 nitrogen and oxygen atoms in total. The summed E-state index contributed by atoms with van der Waals surface area (Å²) < 4.78 is 7.83. The first-order valence-electron chi connectivity index (χ1n) is 8.64. The predicted octanol–water partition coefficient (Wildman–Crippen LogP) is 4.47. The van der Waals surface area contributed by atoms with E-state index in [1.54, 1.807) is 30.3 Å². The molecule has 0 bridgehead atoms. The molecule has 2 aromatic carbocycles. The third-order valence-electron chi connectivity index (χ3n) is 4.20. The minimum absolute atomic E-state index is 0.200. The molecule has 0 spiro atoms. The van der Waals surface area contributed by atoms with E-state index >= 15 is 0 Å². The highest BCUT2D eigenvalue weighted by Gasteiger charge is 2.11. The van der Waals surface area contributed by atoms with E-state index in [2.05, 4.69) is 36.3 Å². The number of aromatic nitrogens is 4. The molecule has 0 atom stereocenters. The van der Waals surface area contributed by atoms with Crippen molar-refractivity contribution in [2.45, 2.75) is 6.54 Å². The SMILES string of the molecule is COc1ccc(-c2csc(NC(=O)c3ccc(Cn4cncn4)cc3)n2)cc1Br. The Bertz CT molecular complexity index is 1130. The average molecular weight is 470 g/mol. The van der Waals surface area contributed by atoms with Crippen LogP contribution in [0.5, 0.6) is 5.75 Å². The topological polar surface area (TPSA) is 81.9 Å². The van der Waals surface area contributed by atoms with Gasteiger partial charge in [0, 0.05) is 16.5 Å². The number of ether oxygens (including phenoxy) is 1. The van der Waals surface area contributed by atoms with Crippen LogP contribution in [0.4, 0.5) is 5.13 Å². The van der Waals surface area contributed by atoms with Crippen LogP contribution in [0, 0.1) is 0 Å². The molecule has 0 aliphatic rings. The molecule has 0 saturated heterocycles. The van der Waals surface area contributed by atoms with E-state index in [4.69, 9.17) is 4.74 Å². The molecule has 2 aromatic heterocycles. The first kappa shape index (κ1) is 19.3. The molecule has 29 heavy (non-hydrogen) atoms. The van der Waals surface area contributed by atoms with Gasteiger partial charge in [0.15, 0.2) is 5.13 Å². The van der Waals surface area contributed by atoms with E-state index in [0.717, 1.165) is 27.0 Å². The largest absolute Gasteiger partial charge is 0.496 e.